The Morgan fingerprint density at radius 2 is 0.906 bits per heavy atom. The maximum absolute atomic E-state index is 4.89. The van der Waals surface area contributed by atoms with Gasteiger partial charge in [0, 0.05) is 0 Å². The molecule has 32 heavy (non-hydrogen) atoms. The van der Waals surface area contributed by atoms with Gasteiger partial charge in [0.15, 0.2) is 0 Å². The molecule has 0 bridgehead atoms. The van der Waals surface area contributed by atoms with E-state index in [1.165, 1.54) is 45.5 Å². The standard InChI is InChI=1S/C18H14P.C10H15.2ClH.Ti/c1-4-10-16(11-5-1)19(17-12-6-2-7-13-17)18-14-8-3-9-15-18;1-6-7(2)9(4)10(5)8(6)3;;;/h1-14H;1-5H3;2*1H;/q-1;;;;+2/p-2. The monoisotopic (exact) mass is 514 g/mol. The van der Waals surface area contributed by atoms with Gasteiger partial charge < -0.3 is 0 Å². The number of hydrogen-bond acceptors (Lipinski definition) is 0. The first-order valence-corrected chi connectivity index (χ1v) is 16.1. The molecular weight excluding hydrogens is 486 g/mol. The zero-order valence-electron chi connectivity index (χ0n) is 19.3. The smallest absolute Gasteiger partial charge is 0.0171 e. The molecule has 0 unspecified atom stereocenters. The molecule has 0 aromatic heterocycles. The Morgan fingerprint density at radius 3 is 1.22 bits per heavy atom. The van der Waals surface area contributed by atoms with E-state index in [2.05, 4.69) is 113 Å². The third kappa shape index (κ3) is 7.72. The summed E-state index contributed by atoms with van der Waals surface area (Å²) in [5.41, 5.74) is 0. The van der Waals surface area contributed by atoms with Gasteiger partial charge in [0.05, 0.1) is 0 Å². The van der Waals surface area contributed by atoms with Gasteiger partial charge in [0.2, 0.25) is 0 Å². The topological polar surface area (TPSA) is 0 Å². The van der Waals surface area contributed by atoms with Crippen molar-refractivity contribution in [3.63, 3.8) is 0 Å². The minimum Gasteiger partial charge on any atom is -0.176 e. The predicted molar refractivity (Wildman–Crippen MR) is 140 cm³/mol. The minimum absolute atomic E-state index is 0.502. The molecule has 0 saturated heterocycles. The first kappa shape index (κ1) is 27.6. The fourth-order valence-electron chi connectivity index (χ4n) is 3.51. The van der Waals surface area contributed by atoms with Crippen LogP contribution in [-0.2, 0) is 17.0 Å². The molecule has 0 amide bonds. The number of halogens is 2. The molecule has 3 aromatic rings. The zero-order chi connectivity index (χ0) is 23.5. The van der Waals surface area contributed by atoms with Gasteiger partial charge >= 0.3 is 35.6 Å². The summed E-state index contributed by atoms with van der Waals surface area (Å²) in [6, 6.07) is 33.1. The van der Waals surface area contributed by atoms with E-state index in [0.717, 1.165) is 0 Å². The summed E-state index contributed by atoms with van der Waals surface area (Å²) in [7, 11) is 9.28. The van der Waals surface area contributed by atoms with Crippen LogP contribution in [0.2, 0.25) is 0 Å². The van der Waals surface area contributed by atoms with Crippen LogP contribution in [0.15, 0.2) is 84.9 Å². The fourth-order valence-corrected chi connectivity index (χ4v) is 5.74. The average molecular weight is 515 g/mol. The van der Waals surface area contributed by atoms with Crippen molar-refractivity contribution in [1.82, 2.24) is 0 Å². The van der Waals surface area contributed by atoms with Crippen LogP contribution in [0.25, 0.3) is 0 Å². The van der Waals surface area contributed by atoms with Gasteiger partial charge in [-0.15, -0.1) is 5.30 Å². The van der Waals surface area contributed by atoms with Crippen molar-refractivity contribution in [2.75, 3.05) is 0 Å². The molecule has 3 aromatic carbocycles. The van der Waals surface area contributed by atoms with Gasteiger partial charge in [0.25, 0.3) is 0 Å². The molecule has 0 atom stereocenters. The Hall–Kier alpha value is -0.616. The Labute approximate surface area is 213 Å². The molecule has 0 heterocycles. The van der Waals surface area contributed by atoms with Gasteiger partial charge in [0.1, 0.15) is 0 Å². The van der Waals surface area contributed by atoms with Crippen molar-refractivity contribution >= 4 is 42.4 Å². The summed E-state index contributed by atoms with van der Waals surface area (Å²) >= 11 is -0.556. The SMILES string of the molecule is C[C]1[C](C)[C](C)[C](C)[C]1C.[Cl][Ti][Cl].[c-]1ccccc1P(c1ccccc1)c1ccccc1. The van der Waals surface area contributed by atoms with Gasteiger partial charge in [-0.05, 0) is 48.1 Å². The van der Waals surface area contributed by atoms with Gasteiger partial charge in [-0.25, -0.2) is 0 Å². The molecule has 0 spiro atoms. The third-order valence-corrected chi connectivity index (χ3v) is 8.16. The van der Waals surface area contributed by atoms with E-state index in [1.54, 1.807) is 0 Å². The van der Waals surface area contributed by atoms with Crippen LogP contribution >= 0.6 is 26.5 Å². The second-order valence-electron chi connectivity index (χ2n) is 7.45. The van der Waals surface area contributed by atoms with E-state index in [0.29, 0.717) is 0 Å². The Bertz CT molecular complexity index is 737. The molecule has 0 aliphatic heterocycles. The number of rotatable bonds is 3. The molecule has 0 nitrogen and oxygen atoms in total. The van der Waals surface area contributed by atoms with E-state index < -0.39 is 25.0 Å². The quantitative estimate of drug-likeness (QED) is 0.192. The molecule has 165 valence electrons. The van der Waals surface area contributed by atoms with Crippen molar-refractivity contribution in [3.8, 4) is 0 Å². The molecule has 1 fully saturated rings. The molecular formula is C28H29Cl2PTi-. The minimum atomic E-state index is -0.556. The summed E-state index contributed by atoms with van der Waals surface area (Å²) in [6.07, 6.45) is 0. The fraction of sp³-hybridized carbons (Fsp3) is 0.179. The van der Waals surface area contributed by atoms with Crippen molar-refractivity contribution in [2.24, 2.45) is 0 Å². The molecule has 1 aliphatic rings. The first-order valence-electron chi connectivity index (χ1n) is 10.4. The predicted octanol–water partition coefficient (Wildman–Crippen LogP) is 7.59. The number of hydrogen-bond donors (Lipinski definition) is 0. The van der Waals surface area contributed by atoms with Crippen LogP contribution in [-0.4, -0.2) is 0 Å². The summed E-state index contributed by atoms with van der Waals surface area (Å²) < 4.78 is 0. The first-order chi connectivity index (χ1) is 15.4. The van der Waals surface area contributed by atoms with E-state index in [4.69, 9.17) is 18.6 Å². The van der Waals surface area contributed by atoms with E-state index in [-0.39, 0.29) is 0 Å². The van der Waals surface area contributed by atoms with Crippen molar-refractivity contribution < 1.29 is 17.0 Å². The van der Waals surface area contributed by atoms with Crippen LogP contribution in [0, 0.1) is 35.7 Å². The molecule has 1 saturated carbocycles. The van der Waals surface area contributed by atoms with Gasteiger partial charge in [-0.2, -0.15) is 30.3 Å². The summed E-state index contributed by atoms with van der Waals surface area (Å²) in [4.78, 5) is 0. The van der Waals surface area contributed by atoms with Gasteiger partial charge in [-0.1, -0.05) is 95.3 Å². The molecule has 4 heteroatoms. The summed E-state index contributed by atoms with van der Waals surface area (Å²) in [5, 5.41) is 4.01. The van der Waals surface area contributed by atoms with E-state index in [9.17, 15) is 0 Å². The van der Waals surface area contributed by atoms with Crippen LogP contribution in [0.5, 0.6) is 0 Å². The normalized spacial score (nSPS) is 15.6. The van der Waals surface area contributed by atoms with Crippen LogP contribution in [0.3, 0.4) is 0 Å². The molecule has 1 aliphatic carbocycles. The Morgan fingerprint density at radius 1 is 0.562 bits per heavy atom. The summed E-state index contributed by atoms with van der Waals surface area (Å²) in [6.45, 7) is 11.0. The van der Waals surface area contributed by atoms with Crippen LogP contribution in [0.4, 0.5) is 0 Å². The van der Waals surface area contributed by atoms with Crippen molar-refractivity contribution in [3.05, 3.63) is 121 Å². The number of benzene rings is 3. The van der Waals surface area contributed by atoms with E-state index >= 15 is 0 Å². The average Bonchev–Trinajstić information content (AvgIpc) is 3.00. The summed E-state index contributed by atoms with van der Waals surface area (Å²) in [5.74, 6) is 7.34. The van der Waals surface area contributed by atoms with Crippen LogP contribution < -0.4 is 15.9 Å². The molecule has 4 rings (SSSR count). The second-order valence-corrected chi connectivity index (χ2v) is 12.2. The van der Waals surface area contributed by atoms with Crippen molar-refractivity contribution in [2.45, 2.75) is 34.6 Å². The van der Waals surface area contributed by atoms with Crippen LogP contribution in [0.1, 0.15) is 34.6 Å². The molecule has 0 N–H and O–H groups in total. The maximum atomic E-state index is 4.89. The second kappa shape index (κ2) is 14.6. The maximum Gasteiger partial charge on any atom is -0.0171 e. The molecule has 5 radical (unpaired) electrons. The third-order valence-electron chi connectivity index (χ3n) is 5.77. The Balaban J connectivity index is 0.000000235. The van der Waals surface area contributed by atoms with Crippen molar-refractivity contribution in [1.29, 1.82) is 0 Å². The van der Waals surface area contributed by atoms with Gasteiger partial charge in [-0.3, -0.25) is 0 Å². The van der Waals surface area contributed by atoms with E-state index in [1.807, 2.05) is 12.1 Å². The largest absolute Gasteiger partial charge is 0.176 e. The zero-order valence-corrected chi connectivity index (χ0v) is 23.3. The Kier molecular flexibility index (Phi) is 12.6.